The van der Waals surface area contributed by atoms with Crippen LogP contribution in [0.25, 0.3) is 0 Å². The van der Waals surface area contributed by atoms with E-state index in [9.17, 15) is 19.2 Å². The first-order valence-corrected chi connectivity index (χ1v) is 20.7. The largest absolute Gasteiger partial charge is 0.467 e. The van der Waals surface area contributed by atoms with Gasteiger partial charge in [-0.1, -0.05) is 121 Å². The number of methoxy groups -OCH3 is 1. The van der Waals surface area contributed by atoms with E-state index in [1.54, 1.807) is 20.8 Å². The fourth-order valence-corrected chi connectivity index (χ4v) is 6.56. The first kappa shape index (κ1) is 47.4. The number of benzene rings is 4. The fourth-order valence-electron chi connectivity index (χ4n) is 6.56. The molecule has 7 atom stereocenters. The summed E-state index contributed by atoms with van der Waals surface area (Å²) in [7, 11) is 1.17. The van der Waals surface area contributed by atoms with E-state index >= 15 is 0 Å². The van der Waals surface area contributed by atoms with Crippen LogP contribution in [0, 0.1) is 0 Å². The summed E-state index contributed by atoms with van der Waals surface area (Å²) in [6.45, 7) is 7.13. The van der Waals surface area contributed by atoms with Gasteiger partial charge in [0.05, 0.1) is 39.6 Å². The minimum Gasteiger partial charge on any atom is -0.467 e. The number of carbonyl (C=O) groups is 4. The summed E-state index contributed by atoms with van der Waals surface area (Å²) in [6, 6.07) is 35.4. The van der Waals surface area contributed by atoms with Crippen LogP contribution in [0.5, 0.6) is 0 Å². The summed E-state index contributed by atoms with van der Waals surface area (Å²) < 4.78 is 48.5. The van der Waals surface area contributed by atoms with E-state index in [2.05, 4.69) is 10.6 Å². The molecule has 0 bridgehead atoms. The van der Waals surface area contributed by atoms with Gasteiger partial charge in [0.1, 0.15) is 42.6 Å². The maximum absolute atomic E-state index is 14.1. The molecule has 1 heterocycles. The van der Waals surface area contributed by atoms with Crippen molar-refractivity contribution in [2.24, 2.45) is 0 Å². The number of alkyl carbamates (subject to hydrolysis) is 1. The van der Waals surface area contributed by atoms with Gasteiger partial charge in [-0.3, -0.25) is 9.59 Å². The van der Waals surface area contributed by atoms with Crippen molar-refractivity contribution in [3.63, 3.8) is 0 Å². The Morgan fingerprint density at radius 3 is 1.56 bits per heavy atom. The Balaban J connectivity index is 1.37. The van der Waals surface area contributed by atoms with Crippen LogP contribution >= 0.6 is 0 Å². The third-order valence-corrected chi connectivity index (χ3v) is 9.70. The lowest BCUT2D eigenvalue weighted by molar-refractivity contribution is -0.320. The van der Waals surface area contributed by atoms with Crippen LogP contribution in [0.3, 0.4) is 0 Å². The van der Waals surface area contributed by atoms with Crippen LogP contribution in [0.2, 0.25) is 0 Å². The lowest BCUT2D eigenvalue weighted by Crippen LogP contribution is -2.61. The van der Waals surface area contributed by atoms with E-state index in [1.807, 2.05) is 128 Å². The zero-order valence-electron chi connectivity index (χ0n) is 35.9. The van der Waals surface area contributed by atoms with Crippen LogP contribution in [0.1, 0.15) is 62.8 Å². The third-order valence-electron chi connectivity index (χ3n) is 9.70. The van der Waals surface area contributed by atoms with Gasteiger partial charge in [0.2, 0.25) is 5.91 Å². The predicted molar refractivity (Wildman–Crippen MR) is 228 cm³/mol. The number of rotatable bonds is 21. The van der Waals surface area contributed by atoms with Gasteiger partial charge >= 0.3 is 18.0 Å². The van der Waals surface area contributed by atoms with Crippen molar-refractivity contribution in [3.05, 3.63) is 144 Å². The van der Waals surface area contributed by atoms with Crippen molar-refractivity contribution in [2.45, 2.75) is 115 Å². The van der Waals surface area contributed by atoms with Gasteiger partial charge in [0.25, 0.3) is 0 Å². The number of amides is 2. The highest BCUT2D eigenvalue weighted by molar-refractivity contribution is 5.90. The quantitative estimate of drug-likeness (QED) is 0.0685. The van der Waals surface area contributed by atoms with Crippen LogP contribution in [-0.4, -0.2) is 86.0 Å². The molecule has 0 aliphatic carbocycles. The average molecular weight is 855 g/mol. The van der Waals surface area contributed by atoms with Gasteiger partial charge in [0, 0.05) is 6.42 Å². The highest BCUT2D eigenvalue weighted by atomic mass is 16.7. The molecule has 0 unspecified atom stereocenters. The average Bonchev–Trinajstić information content (AvgIpc) is 3.27. The molecule has 0 aromatic heterocycles. The predicted octanol–water partition coefficient (Wildman–Crippen LogP) is 6.58. The lowest BCUT2D eigenvalue weighted by atomic mass is 9.98. The van der Waals surface area contributed by atoms with Crippen molar-refractivity contribution in [2.75, 3.05) is 13.7 Å². The maximum atomic E-state index is 14.1. The molecule has 1 aliphatic heterocycles. The molecule has 332 valence electrons. The minimum absolute atomic E-state index is 0.0457. The monoisotopic (exact) mass is 854 g/mol. The van der Waals surface area contributed by atoms with Gasteiger partial charge in [-0.25, -0.2) is 9.59 Å². The van der Waals surface area contributed by atoms with Gasteiger partial charge in [-0.05, 0) is 56.4 Å². The molecular weight excluding hydrogens is 797 g/mol. The highest BCUT2D eigenvalue weighted by Crippen LogP contribution is 2.31. The molecule has 0 radical (unpaired) electrons. The normalized spacial score (nSPS) is 19.7. The van der Waals surface area contributed by atoms with Crippen LogP contribution in [0.4, 0.5) is 4.79 Å². The zero-order valence-corrected chi connectivity index (χ0v) is 35.9. The molecule has 14 nitrogen and oxygen atoms in total. The Bertz CT molecular complexity index is 1960. The summed E-state index contributed by atoms with van der Waals surface area (Å²) in [4.78, 5) is 52.8. The first-order chi connectivity index (χ1) is 29.9. The lowest BCUT2D eigenvalue weighted by Gasteiger charge is -2.45. The number of nitrogens with one attached hydrogen (secondary N) is 2. The van der Waals surface area contributed by atoms with Crippen LogP contribution in [0.15, 0.2) is 121 Å². The molecule has 1 aliphatic rings. The van der Waals surface area contributed by atoms with Gasteiger partial charge in [0.15, 0.2) is 6.29 Å². The molecule has 1 fully saturated rings. The van der Waals surface area contributed by atoms with Crippen molar-refractivity contribution >= 4 is 23.9 Å². The van der Waals surface area contributed by atoms with E-state index in [0.29, 0.717) is 0 Å². The van der Waals surface area contributed by atoms with Crippen LogP contribution < -0.4 is 10.6 Å². The molecule has 5 rings (SSSR count). The summed E-state index contributed by atoms with van der Waals surface area (Å²) in [5, 5.41) is 5.19. The zero-order chi connectivity index (χ0) is 44.3. The molecule has 2 amide bonds. The second kappa shape index (κ2) is 24.1. The van der Waals surface area contributed by atoms with E-state index in [0.717, 1.165) is 22.3 Å². The van der Waals surface area contributed by atoms with Crippen molar-refractivity contribution in [1.82, 2.24) is 10.6 Å². The third kappa shape index (κ3) is 15.7. The van der Waals surface area contributed by atoms with Crippen LogP contribution in [-0.2, 0) is 78.7 Å². The van der Waals surface area contributed by atoms with E-state index < -0.39 is 78.9 Å². The Labute approximate surface area is 363 Å². The Morgan fingerprint density at radius 2 is 1.08 bits per heavy atom. The van der Waals surface area contributed by atoms with Gasteiger partial charge < -0.3 is 48.5 Å². The molecule has 0 saturated carbocycles. The Hall–Kier alpha value is -5.64. The Morgan fingerprint density at radius 1 is 0.613 bits per heavy atom. The summed E-state index contributed by atoms with van der Waals surface area (Å²) in [6.07, 6.45) is -5.28. The fraction of sp³-hybridized carbons (Fsp3) is 0.417. The second-order valence-corrected chi connectivity index (χ2v) is 15.8. The number of hydrogen-bond acceptors (Lipinski definition) is 12. The number of hydrogen-bond donors (Lipinski definition) is 2. The molecule has 4 aromatic carbocycles. The number of esters is 2. The maximum Gasteiger partial charge on any atom is 0.408 e. The molecule has 2 N–H and O–H groups in total. The van der Waals surface area contributed by atoms with Crippen molar-refractivity contribution in [1.29, 1.82) is 0 Å². The number of ether oxygens (including phenoxy) is 8. The van der Waals surface area contributed by atoms with Gasteiger partial charge in [-0.2, -0.15) is 0 Å². The standard InChI is InChI=1S/C48H58N2O12/c1-33-41(57-29-35-20-12-7-13-21-35)42(58-30-36-22-14-8-15-23-36)43(59-31-37-24-16-9-17-25-37)46(61-33)60-32-39(50-47(54)62-48(2,3)4)44(52)49-38(45(53)55-5)26-27-40(51)56-28-34-18-10-6-11-19-34/h6-25,33,38-39,41-43,46H,26-32H2,1-5H3,(H,49,52)(H,50,54)/t33-,38-,39+,41+,42+,43-,46+/m0/s1. The molecular formula is C48H58N2O12. The SMILES string of the molecule is COC(=O)[C@H](CCC(=O)OCc1ccccc1)NC(=O)[C@@H](CO[C@@H]1O[C@@H](C)[C@@H](OCc2ccccc2)[C@@H](OCc2ccccc2)[C@@H]1OCc1ccccc1)NC(=O)OC(C)(C)C. The highest BCUT2D eigenvalue weighted by Gasteiger charge is 2.48. The summed E-state index contributed by atoms with van der Waals surface area (Å²) >= 11 is 0. The first-order valence-electron chi connectivity index (χ1n) is 20.7. The Kier molecular flexibility index (Phi) is 18.4. The van der Waals surface area contributed by atoms with E-state index in [4.69, 9.17) is 37.9 Å². The van der Waals surface area contributed by atoms with E-state index in [1.165, 1.54) is 7.11 Å². The van der Waals surface area contributed by atoms with E-state index in [-0.39, 0.29) is 39.3 Å². The molecule has 62 heavy (non-hydrogen) atoms. The molecule has 4 aromatic rings. The summed E-state index contributed by atoms with van der Waals surface area (Å²) in [5.41, 5.74) is 2.66. The van der Waals surface area contributed by atoms with Gasteiger partial charge in [-0.15, -0.1) is 0 Å². The molecule has 14 heteroatoms. The van der Waals surface area contributed by atoms with Crippen molar-refractivity contribution in [3.8, 4) is 0 Å². The van der Waals surface area contributed by atoms with Crippen molar-refractivity contribution < 1.29 is 57.1 Å². The number of carbonyl (C=O) groups excluding carboxylic acids is 4. The summed E-state index contributed by atoms with van der Waals surface area (Å²) in [5.74, 6) is -2.19. The molecule has 0 spiro atoms. The smallest absolute Gasteiger partial charge is 0.408 e. The molecule has 1 saturated heterocycles. The topological polar surface area (TPSA) is 166 Å². The minimum atomic E-state index is -1.42. The second-order valence-electron chi connectivity index (χ2n) is 15.8.